The van der Waals surface area contributed by atoms with Gasteiger partial charge in [0.1, 0.15) is 5.82 Å². The molecule has 0 heterocycles. The summed E-state index contributed by atoms with van der Waals surface area (Å²) in [6.45, 7) is 2.16. The van der Waals surface area contributed by atoms with Crippen molar-refractivity contribution in [3.63, 3.8) is 0 Å². The number of rotatable bonds is 5. The minimum Gasteiger partial charge on any atom is -0.308 e. The Balaban J connectivity index is 1.92. The lowest BCUT2D eigenvalue weighted by atomic mass is 10.1. The molecule has 0 aliphatic heterocycles. The summed E-state index contributed by atoms with van der Waals surface area (Å²) >= 11 is 0. The lowest BCUT2D eigenvalue weighted by molar-refractivity contribution is 0.262. The van der Waals surface area contributed by atoms with E-state index in [0.717, 1.165) is 19.3 Å². The third-order valence-corrected chi connectivity index (χ3v) is 3.15. The minimum absolute atomic E-state index is 0.162. The van der Waals surface area contributed by atoms with Crippen LogP contribution in [-0.4, -0.2) is 6.03 Å². The smallest absolute Gasteiger partial charge is 0.308 e. The van der Waals surface area contributed by atoms with Crippen LogP contribution < -0.4 is 10.6 Å². The van der Waals surface area contributed by atoms with E-state index >= 15 is 0 Å². The van der Waals surface area contributed by atoms with Gasteiger partial charge in [-0.1, -0.05) is 37.6 Å². The number of hydrogen-bond acceptors (Lipinski definition) is 1. The van der Waals surface area contributed by atoms with E-state index in [-0.39, 0.29) is 5.69 Å². The quantitative estimate of drug-likeness (QED) is 0.813. The Bertz CT molecular complexity index is 596. The van der Waals surface area contributed by atoms with Crippen molar-refractivity contribution in [2.24, 2.45) is 0 Å². The largest absolute Gasteiger partial charge is 0.323 e. The van der Waals surface area contributed by atoms with E-state index in [2.05, 4.69) is 17.6 Å². The van der Waals surface area contributed by atoms with Crippen molar-refractivity contribution in [3.8, 4) is 0 Å². The number of amides is 2. The summed E-state index contributed by atoms with van der Waals surface area (Å²) in [7, 11) is 0. The third-order valence-electron chi connectivity index (χ3n) is 3.15. The summed E-state index contributed by atoms with van der Waals surface area (Å²) in [5.41, 5.74) is 2.09. The Morgan fingerprint density at radius 2 is 1.76 bits per heavy atom. The Labute approximate surface area is 124 Å². The molecule has 3 nitrogen and oxygen atoms in total. The van der Waals surface area contributed by atoms with E-state index in [1.165, 1.54) is 17.7 Å². The van der Waals surface area contributed by atoms with E-state index in [1.807, 2.05) is 24.3 Å². The maximum absolute atomic E-state index is 13.4. The molecule has 110 valence electrons. The van der Waals surface area contributed by atoms with Crippen molar-refractivity contribution in [1.82, 2.24) is 0 Å². The molecular formula is C17H19FN2O. The highest BCUT2D eigenvalue weighted by molar-refractivity contribution is 5.99. The molecule has 2 rings (SSSR count). The van der Waals surface area contributed by atoms with Crippen molar-refractivity contribution in [1.29, 1.82) is 0 Å². The summed E-state index contributed by atoms with van der Waals surface area (Å²) in [6, 6.07) is 13.3. The fourth-order valence-corrected chi connectivity index (χ4v) is 1.98. The molecule has 2 N–H and O–H groups in total. The second kappa shape index (κ2) is 7.43. The van der Waals surface area contributed by atoms with Crippen molar-refractivity contribution in [2.45, 2.75) is 26.2 Å². The second-order valence-corrected chi connectivity index (χ2v) is 4.86. The molecule has 0 fully saturated rings. The maximum atomic E-state index is 13.4. The molecule has 4 heteroatoms. The summed E-state index contributed by atoms with van der Waals surface area (Å²) in [6.07, 6.45) is 3.35. The van der Waals surface area contributed by atoms with Gasteiger partial charge in [0.15, 0.2) is 0 Å². The van der Waals surface area contributed by atoms with E-state index in [4.69, 9.17) is 0 Å². The Morgan fingerprint density at radius 1 is 1.05 bits per heavy atom. The number of halogens is 1. The molecule has 0 aliphatic carbocycles. The average Bonchev–Trinajstić information content (AvgIpc) is 2.49. The molecule has 2 amide bonds. The number of benzene rings is 2. The number of aryl methyl sites for hydroxylation is 1. The first kappa shape index (κ1) is 15.0. The van der Waals surface area contributed by atoms with Crippen LogP contribution in [0.3, 0.4) is 0 Å². The molecule has 0 aromatic heterocycles. The van der Waals surface area contributed by atoms with Crippen LogP contribution in [0, 0.1) is 5.82 Å². The molecule has 0 spiro atoms. The number of urea groups is 1. The molecule has 0 saturated heterocycles. The number of carbonyl (C=O) groups is 1. The van der Waals surface area contributed by atoms with Gasteiger partial charge in [-0.2, -0.15) is 0 Å². The van der Waals surface area contributed by atoms with Gasteiger partial charge in [-0.05, 0) is 42.7 Å². The zero-order chi connectivity index (χ0) is 15.1. The Hall–Kier alpha value is -2.36. The highest BCUT2D eigenvalue weighted by atomic mass is 19.1. The molecule has 2 aromatic rings. The van der Waals surface area contributed by atoms with Gasteiger partial charge >= 0.3 is 6.03 Å². The van der Waals surface area contributed by atoms with E-state index < -0.39 is 11.8 Å². The van der Waals surface area contributed by atoms with Crippen LogP contribution in [0.25, 0.3) is 0 Å². The molecule has 0 saturated carbocycles. The first-order valence-corrected chi connectivity index (χ1v) is 7.10. The predicted molar refractivity (Wildman–Crippen MR) is 84.1 cm³/mol. The number of carbonyl (C=O) groups excluding carboxylic acids is 1. The van der Waals surface area contributed by atoms with Crippen LogP contribution >= 0.6 is 0 Å². The number of anilines is 2. The maximum Gasteiger partial charge on any atom is 0.323 e. The summed E-state index contributed by atoms with van der Waals surface area (Å²) in [5.74, 6) is -0.456. The van der Waals surface area contributed by atoms with Crippen molar-refractivity contribution < 1.29 is 9.18 Å². The van der Waals surface area contributed by atoms with Gasteiger partial charge in [-0.3, -0.25) is 0 Å². The van der Waals surface area contributed by atoms with Crippen LogP contribution in [0.15, 0.2) is 48.5 Å². The molecule has 0 atom stereocenters. The molecule has 21 heavy (non-hydrogen) atoms. The normalized spacial score (nSPS) is 10.2. The summed E-state index contributed by atoms with van der Waals surface area (Å²) in [4.78, 5) is 11.8. The molecule has 0 bridgehead atoms. The fourth-order valence-electron chi connectivity index (χ4n) is 1.98. The fraction of sp³-hybridized carbons (Fsp3) is 0.235. The number of unbranched alkanes of at least 4 members (excludes halogenated alkanes) is 1. The molecule has 0 aliphatic rings. The van der Waals surface area contributed by atoms with E-state index in [1.54, 1.807) is 12.1 Å². The molecule has 2 aromatic carbocycles. The highest BCUT2D eigenvalue weighted by Crippen LogP contribution is 2.15. The first-order valence-electron chi connectivity index (χ1n) is 7.10. The lowest BCUT2D eigenvalue weighted by Crippen LogP contribution is -2.20. The summed E-state index contributed by atoms with van der Waals surface area (Å²) in [5, 5.41) is 5.17. The SMILES string of the molecule is CCCCc1ccc(NC(=O)Nc2ccccc2F)cc1. The van der Waals surface area contributed by atoms with Crippen LogP contribution in [0.4, 0.5) is 20.6 Å². The van der Waals surface area contributed by atoms with E-state index in [0.29, 0.717) is 5.69 Å². The van der Waals surface area contributed by atoms with Gasteiger partial charge in [-0.25, -0.2) is 9.18 Å². The topological polar surface area (TPSA) is 41.1 Å². The zero-order valence-corrected chi connectivity index (χ0v) is 12.0. The van der Waals surface area contributed by atoms with Gasteiger partial charge in [0.25, 0.3) is 0 Å². The second-order valence-electron chi connectivity index (χ2n) is 4.86. The van der Waals surface area contributed by atoms with Crippen molar-refractivity contribution in [2.75, 3.05) is 10.6 Å². The van der Waals surface area contributed by atoms with Crippen LogP contribution in [-0.2, 0) is 6.42 Å². The van der Waals surface area contributed by atoms with Gasteiger partial charge in [-0.15, -0.1) is 0 Å². The number of nitrogens with one attached hydrogen (secondary N) is 2. The minimum atomic E-state index is -0.457. The molecule has 0 radical (unpaired) electrons. The number of para-hydroxylation sites is 1. The zero-order valence-electron chi connectivity index (χ0n) is 12.0. The van der Waals surface area contributed by atoms with Crippen LogP contribution in [0.2, 0.25) is 0 Å². The van der Waals surface area contributed by atoms with Crippen molar-refractivity contribution >= 4 is 17.4 Å². The van der Waals surface area contributed by atoms with Gasteiger partial charge in [0.05, 0.1) is 5.69 Å². The first-order chi connectivity index (χ1) is 10.2. The predicted octanol–water partition coefficient (Wildman–Crippen LogP) is 4.81. The number of hydrogen-bond donors (Lipinski definition) is 2. The van der Waals surface area contributed by atoms with Gasteiger partial charge in [0.2, 0.25) is 0 Å². The summed E-state index contributed by atoms with van der Waals surface area (Å²) < 4.78 is 13.4. The Morgan fingerprint density at radius 3 is 2.43 bits per heavy atom. The lowest BCUT2D eigenvalue weighted by Gasteiger charge is -2.09. The average molecular weight is 286 g/mol. The van der Waals surface area contributed by atoms with Crippen LogP contribution in [0.1, 0.15) is 25.3 Å². The molecular weight excluding hydrogens is 267 g/mol. The monoisotopic (exact) mass is 286 g/mol. The third kappa shape index (κ3) is 4.60. The van der Waals surface area contributed by atoms with Crippen LogP contribution in [0.5, 0.6) is 0 Å². The van der Waals surface area contributed by atoms with Crippen molar-refractivity contribution in [3.05, 3.63) is 59.9 Å². The highest BCUT2D eigenvalue weighted by Gasteiger charge is 2.06. The van der Waals surface area contributed by atoms with Gasteiger partial charge < -0.3 is 10.6 Å². The van der Waals surface area contributed by atoms with E-state index in [9.17, 15) is 9.18 Å². The Kier molecular flexibility index (Phi) is 5.32. The van der Waals surface area contributed by atoms with Gasteiger partial charge in [0, 0.05) is 5.69 Å². The molecule has 0 unspecified atom stereocenters. The standard InChI is InChI=1S/C17H19FN2O/c1-2-3-6-13-9-11-14(12-10-13)19-17(21)20-16-8-5-4-7-15(16)18/h4-5,7-12H,2-3,6H2,1H3,(H2,19,20,21).